The first kappa shape index (κ1) is 14.5. The maximum Gasteiger partial charge on any atom is 0.326 e. The van der Waals surface area contributed by atoms with Crippen molar-refractivity contribution in [2.45, 2.75) is 25.8 Å². The first-order valence-corrected chi connectivity index (χ1v) is 7.81. The van der Waals surface area contributed by atoms with Crippen molar-refractivity contribution < 1.29 is 23.5 Å². The monoisotopic (exact) mass is 281 g/mol. The summed E-state index contributed by atoms with van der Waals surface area (Å²) in [6, 6.07) is -0.741. The fourth-order valence-electron chi connectivity index (χ4n) is 1.80. The van der Waals surface area contributed by atoms with Gasteiger partial charge in [-0.15, -0.1) is 0 Å². The van der Waals surface area contributed by atoms with Gasteiger partial charge < -0.3 is 10.0 Å². The molecule has 1 amide bonds. The number of carbonyl (C=O) groups excluding carboxylic acids is 1. The molecule has 3 atom stereocenters. The maximum atomic E-state index is 11.9. The molecule has 0 radical (unpaired) electrons. The summed E-state index contributed by atoms with van der Waals surface area (Å²) >= 11 is 0. The quantitative estimate of drug-likeness (QED) is 0.565. The summed E-state index contributed by atoms with van der Waals surface area (Å²) in [6.45, 7) is 2.09. The van der Waals surface area contributed by atoms with Crippen molar-refractivity contribution >= 4 is 32.8 Å². The third-order valence-corrected chi connectivity index (χ3v) is 4.51. The van der Waals surface area contributed by atoms with Crippen molar-refractivity contribution in [1.29, 1.82) is 0 Å². The van der Waals surface area contributed by atoms with Crippen LogP contribution in [0.3, 0.4) is 0 Å². The van der Waals surface area contributed by atoms with Gasteiger partial charge in [0.1, 0.15) is 6.04 Å². The maximum absolute atomic E-state index is 11.9. The van der Waals surface area contributed by atoms with Crippen LogP contribution < -0.4 is 0 Å². The average Bonchev–Trinajstić information content (AvgIpc) is 2.73. The van der Waals surface area contributed by atoms with Crippen LogP contribution in [-0.2, 0) is 19.7 Å². The Balaban J connectivity index is 2.56. The number of hydrogen-bond acceptors (Lipinski definition) is 4. The van der Waals surface area contributed by atoms with Crippen LogP contribution in [0, 0.1) is 5.92 Å². The van der Waals surface area contributed by atoms with E-state index in [4.69, 9.17) is 9.66 Å². The molecule has 2 N–H and O–H groups in total. The molecular formula is C9H15NO5S2. The lowest BCUT2D eigenvalue weighted by atomic mass is 10.1. The minimum atomic E-state index is -1.99. The molecule has 0 aliphatic carbocycles. The number of carbonyl (C=O) groups is 2. The van der Waals surface area contributed by atoms with Gasteiger partial charge in [-0.3, -0.25) is 9.35 Å². The number of nitrogens with zero attached hydrogens (tertiary/aromatic N) is 1. The topological polar surface area (TPSA) is 94.9 Å². The molecule has 1 unspecified atom stereocenters. The van der Waals surface area contributed by atoms with Gasteiger partial charge in [0.05, 0.1) is 0 Å². The van der Waals surface area contributed by atoms with Crippen LogP contribution >= 0.6 is 10.8 Å². The molecule has 1 fully saturated rings. The lowest BCUT2D eigenvalue weighted by Gasteiger charge is -2.24. The lowest BCUT2D eigenvalue weighted by Crippen LogP contribution is -2.43. The predicted molar refractivity (Wildman–Crippen MR) is 64.8 cm³/mol. The Morgan fingerprint density at radius 2 is 2.24 bits per heavy atom. The van der Waals surface area contributed by atoms with Crippen LogP contribution in [-0.4, -0.2) is 49.0 Å². The van der Waals surface area contributed by atoms with E-state index in [1.54, 1.807) is 6.92 Å². The van der Waals surface area contributed by atoms with Gasteiger partial charge in [-0.1, -0.05) is 6.92 Å². The zero-order valence-corrected chi connectivity index (χ0v) is 11.0. The highest BCUT2D eigenvalue weighted by molar-refractivity contribution is 8.67. The van der Waals surface area contributed by atoms with Gasteiger partial charge in [-0.2, -0.15) is 0 Å². The highest BCUT2D eigenvalue weighted by atomic mass is 33.1. The summed E-state index contributed by atoms with van der Waals surface area (Å²) in [6.07, 6.45) is 1.17. The average molecular weight is 281 g/mol. The molecular weight excluding hydrogens is 266 g/mol. The van der Waals surface area contributed by atoms with Gasteiger partial charge >= 0.3 is 5.97 Å². The smallest absolute Gasteiger partial charge is 0.326 e. The number of carboxylic acids is 1. The minimum absolute atomic E-state index is 0.213. The highest BCUT2D eigenvalue weighted by Crippen LogP contribution is 2.22. The second kappa shape index (κ2) is 6.36. The van der Waals surface area contributed by atoms with E-state index < -0.39 is 28.0 Å². The van der Waals surface area contributed by atoms with Crippen LogP contribution in [0.15, 0.2) is 0 Å². The predicted octanol–water partition coefficient (Wildman–Crippen LogP) is 0.568. The molecule has 0 aromatic carbocycles. The van der Waals surface area contributed by atoms with E-state index in [1.807, 2.05) is 0 Å². The van der Waals surface area contributed by atoms with Crippen molar-refractivity contribution in [3.05, 3.63) is 0 Å². The molecule has 1 heterocycles. The summed E-state index contributed by atoms with van der Waals surface area (Å²) in [5.41, 5.74) is 0. The van der Waals surface area contributed by atoms with Crippen molar-refractivity contribution in [3.63, 3.8) is 0 Å². The number of amides is 1. The standard InChI is InChI=1S/C9H15NO5S2/c1-6(5-16-17(14)15)8(11)10-4-2-3-7(10)9(12)13/h6-7H,2-5H2,1H3,(H,12,13)(H,14,15)/t6-,7+/m1/s1. The second-order valence-corrected chi connectivity index (χ2v) is 6.50. The molecule has 17 heavy (non-hydrogen) atoms. The molecule has 1 rings (SSSR count). The van der Waals surface area contributed by atoms with Gasteiger partial charge in [0, 0.05) is 18.2 Å². The van der Waals surface area contributed by atoms with Gasteiger partial charge in [0.2, 0.25) is 16.0 Å². The van der Waals surface area contributed by atoms with Crippen molar-refractivity contribution in [2.75, 3.05) is 12.3 Å². The van der Waals surface area contributed by atoms with Crippen LogP contribution in [0.1, 0.15) is 19.8 Å². The van der Waals surface area contributed by atoms with Gasteiger partial charge in [-0.05, 0) is 23.6 Å². The van der Waals surface area contributed by atoms with Gasteiger partial charge in [0.15, 0.2) is 0 Å². The Kier molecular flexibility index (Phi) is 5.41. The Hall–Kier alpha value is -0.600. The number of rotatable bonds is 5. The Labute approximate surface area is 105 Å². The van der Waals surface area contributed by atoms with E-state index in [2.05, 4.69) is 0 Å². The van der Waals surface area contributed by atoms with Gasteiger partial charge in [-0.25, -0.2) is 9.00 Å². The fraction of sp³-hybridized carbons (Fsp3) is 0.778. The molecule has 0 saturated carbocycles. The van der Waals surface area contributed by atoms with E-state index >= 15 is 0 Å². The third kappa shape index (κ3) is 3.97. The summed E-state index contributed by atoms with van der Waals surface area (Å²) in [5.74, 6) is -1.48. The molecule has 1 aliphatic rings. The lowest BCUT2D eigenvalue weighted by molar-refractivity contribution is -0.149. The fourth-order valence-corrected chi connectivity index (χ4v) is 3.23. The molecule has 8 heteroatoms. The second-order valence-electron chi connectivity index (χ2n) is 3.93. The Morgan fingerprint density at radius 3 is 2.76 bits per heavy atom. The highest BCUT2D eigenvalue weighted by Gasteiger charge is 2.35. The first-order chi connectivity index (χ1) is 7.93. The van der Waals surface area contributed by atoms with Crippen molar-refractivity contribution in [1.82, 2.24) is 4.90 Å². The number of hydrogen-bond donors (Lipinski definition) is 2. The Morgan fingerprint density at radius 1 is 1.59 bits per heavy atom. The summed E-state index contributed by atoms with van der Waals surface area (Å²) in [5, 5.41) is 8.94. The van der Waals surface area contributed by atoms with Crippen LogP contribution in [0.25, 0.3) is 0 Å². The van der Waals surface area contributed by atoms with E-state index in [1.165, 1.54) is 4.90 Å². The van der Waals surface area contributed by atoms with Crippen LogP contribution in [0.5, 0.6) is 0 Å². The number of aliphatic carboxylic acids is 1. The van der Waals surface area contributed by atoms with Crippen LogP contribution in [0.2, 0.25) is 0 Å². The molecule has 0 spiro atoms. The van der Waals surface area contributed by atoms with E-state index in [0.29, 0.717) is 19.4 Å². The van der Waals surface area contributed by atoms with Crippen molar-refractivity contribution in [3.8, 4) is 0 Å². The van der Waals surface area contributed by atoms with E-state index in [9.17, 15) is 13.8 Å². The van der Waals surface area contributed by atoms with Gasteiger partial charge in [0.25, 0.3) is 0 Å². The van der Waals surface area contributed by atoms with Crippen LogP contribution in [0.4, 0.5) is 0 Å². The molecule has 98 valence electrons. The molecule has 0 aromatic heterocycles. The zero-order valence-electron chi connectivity index (χ0n) is 9.37. The number of carboxylic acid groups (broad SMARTS) is 1. The molecule has 1 aliphatic heterocycles. The first-order valence-electron chi connectivity index (χ1n) is 5.21. The molecule has 1 saturated heterocycles. The molecule has 0 aromatic rings. The third-order valence-electron chi connectivity index (χ3n) is 2.66. The summed E-state index contributed by atoms with van der Waals surface area (Å²) < 4.78 is 19.1. The minimum Gasteiger partial charge on any atom is -0.480 e. The summed E-state index contributed by atoms with van der Waals surface area (Å²) in [4.78, 5) is 24.2. The molecule has 6 nitrogen and oxygen atoms in total. The largest absolute Gasteiger partial charge is 0.480 e. The normalized spacial score (nSPS) is 23.4. The van der Waals surface area contributed by atoms with E-state index in [0.717, 1.165) is 10.8 Å². The molecule has 0 bridgehead atoms. The number of likely N-dealkylation sites (tertiary alicyclic amines) is 1. The zero-order chi connectivity index (χ0) is 13.0. The summed E-state index contributed by atoms with van der Waals surface area (Å²) in [7, 11) is -1.22. The van der Waals surface area contributed by atoms with E-state index in [-0.39, 0.29) is 11.7 Å². The SMILES string of the molecule is C[C@H](CSS(=O)O)C(=O)N1CCC[C@H]1C(=O)O. The Bertz CT molecular complexity index is 335. The van der Waals surface area contributed by atoms with Crippen molar-refractivity contribution in [2.24, 2.45) is 5.92 Å².